The van der Waals surface area contributed by atoms with E-state index in [0.717, 1.165) is 21.8 Å². The lowest BCUT2D eigenvalue weighted by molar-refractivity contribution is 0.120. The first-order valence-electron chi connectivity index (χ1n) is 4.78. The lowest BCUT2D eigenvalue weighted by Crippen LogP contribution is -2.06. The fourth-order valence-electron chi connectivity index (χ4n) is 1.79. The number of halogens is 3. The Morgan fingerprint density at radius 3 is 2.87 bits per heavy atom. The number of alkyl halides is 1. The average Bonchev–Trinajstić information content (AvgIpc) is 2.74. The highest BCUT2D eigenvalue weighted by atomic mass is 79.9. The zero-order valence-corrected chi connectivity index (χ0v) is 12.9. The molecule has 0 aromatic carbocycles. The van der Waals surface area contributed by atoms with Crippen molar-refractivity contribution in [3.63, 3.8) is 0 Å². The normalized spacial score (nSPS) is 28.3. The van der Waals surface area contributed by atoms with Crippen LogP contribution in [0.2, 0.25) is 4.34 Å². The summed E-state index contributed by atoms with van der Waals surface area (Å²) in [5, 5.41) is 0. The highest BCUT2D eigenvalue weighted by molar-refractivity contribution is 9.10. The molecule has 84 valence electrons. The number of thiophene rings is 1. The maximum absolute atomic E-state index is 6.03. The first-order chi connectivity index (χ1) is 7.08. The van der Waals surface area contributed by atoms with Gasteiger partial charge in [-0.1, -0.05) is 27.5 Å². The SMILES string of the molecule is CC1CC(C(Br)c2cc(Br)c(Cl)s2)CO1. The summed E-state index contributed by atoms with van der Waals surface area (Å²) in [6.45, 7) is 2.96. The van der Waals surface area contributed by atoms with Crippen molar-refractivity contribution in [2.24, 2.45) is 5.92 Å². The predicted molar refractivity (Wildman–Crippen MR) is 72.2 cm³/mol. The minimum atomic E-state index is 0.358. The van der Waals surface area contributed by atoms with Crippen LogP contribution in [0.3, 0.4) is 0 Å². The summed E-state index contributed by atoms with van der Waals surface area (Å²) in [5.41, 5.74) is 0. The zero-order valence-electron chi connectivity index (χ0n) is 8.17. The lowest BCUT2D eigenvalue weighted by atomic mass is 10.0. The molecule has 5 heteroatoms. The molecule has 0 amide bonds. The second-order valence-corrected chi connectivity index (χ2v) is 7.34. The summed E-state index contributed by atoms with van der Waals surface area (Å²) in [4.78, 5) is 1.63. The molecule has 1 aliphatic heterocycles. The molecule has 15 heavy (non-hydrogen) atoms. The van der Waals surface area contributed by atoms with Crippen LogP contribution in [-0.2, 0) is 4.74 Å². The monoisotopic (exact) mass is 372 g/mol. The molecule has 1 saturated heterocycles. The van der Waals surface area contributed by atoms with Crippen LogP contribution in [0.5, 0.6) is 0 Å². The van der Waals surface area contributed by atoms with E-state index in [9.17, 15) is 0 Å². The molecule has 3 atom stereocenters. The number of hydrogen-bond acceptors (Lipinski definition) is 2. The predicted octanol–water partition coefficient (Wildman–Crippen LogP) is 5.03. The van der Waals surface area contributed by atoms with E-state index in [4.69, 9.17) is 16.3 Å². The largest absolute Gasteiger partial charge is 0.378 e. The Morgan fingerprint density at radius 2 is 2.40 bits per heavy atom. The number of ether oxygens (including phenoxy) is 1. The van der Waals surface area contributed by atoms with E-state index in [1.807, 2.05) is 0 Å². The van der Waals surface area contributed by atoms with Gasteiger partial charge in [-0.2, -0.15) is 0 Å². The molecule has 0 radical (unpaired) electrons. The highest BCUT2D eigenvalue weighted by Crippen LogP contribution is 2.44. The van der Waals surface area contributed by atoms with Gasteiger partial charge in [-0.15, -0.1) is 11.3 Å². The van der Waals surface area contributed by atoms with Crippen molar-refractivity contribution < 1.29 is 4.74 Å². The van der Waals surface area contributed by atoms with Crippen LogP contribution >= 0.6 is 54.8 Å². The van der Waals surface area contributed by atoms with Gasteiger partial charge in [-0.3, -0.25) is 0 Å². The summed E-state index contributed by atoms with van der Waals surface area (Å²) >= 11 is 14.8. The van der Waals surface area contributed by atoms with E-state index in [0.29, 0.717) is 16.8 Å². The van der Waals surface area contributed by atoms with Crippen molar-refractivity contribution >= 4 is 54.8 Å². The van der Waals surface area contributed by atoms with E-state index in [-0.39, 0.29) is 0 Å². The van der Waals surface area contributed by atoms with E-state index in [1.165, 1.54) is 4.88 Å². The molecule has 1 aromatic rings. The van der Waals surface area contributed by atoms with Crippen molar-refractivity contribution in [2.75, 3.05) is 6.61 Å². The summed E-state index contributed by atoms with van der Waals surface area (Å²) in [6.07, 6.45) is 1.50. The Balaban J connectivity index is 2.10. The van der Waals surface area contributed by atoms with Crippen LogP contribution in [0.15, 0.2) is 10.5 Å². The Hall–Kier alpha value is 0.910. The van der Waals surface area contributed by atoms with Gasteiger partial charge in [0.15, 0.2) is 0 Å². The first kappa shape index (κ1) is 12.4. The molecule has 2 rings (SSSR count). The van der Waals surface area contributed by atoms with Crippen molar-refractivity contribution in [3.8, 4) is 0 Å². The number of rotatable bonds is 2. The van der Waals surface area contributed by atoms with Crippen molar-refractivity contribution in [2.45, 2.75) is 24.3 Å². The minimum absolute atomic E-state index is 0.358. The molecule has 1 fully saturated rings. The van der Waals surface area contributed by atoms with Gasteiger partial charge in [0.25, 0.3) is 0 Å². The second-order valence-electron chi connectivity index (χ2n) is 3.81. The third kappa shape index (κ3) is 2.78. The molecule has 2 heterocycles. The molecule has 0 bridgehead atoms. The third-order valence-electron chi connectivity index (χ3n) is 2.58. The Labute approximate surface area is 115 Å². The van der Waals surface area contributed by atoms with Gasteiger partial charge in [-0.05, 0) is 35.3 Å². The quantitative estimate of drug-likeness (QED) is 0.660. The molecule has 3 unspecified atom stereocenters. The summed E-state index contributed by atoms with van der Waals surface area (Å²) in [6, 6.07) is 2.09. The molecule has 0 spiro atoms. The summed E-state index contributed by atoms with van der Waals surface area (Å²) < 4.78 is 7.38. The number of hydrogen-bond donors (Lipinski definition) is 0. The second kappa shape index (κ2) is 5.05. The standard InChI is InChI=1S/C10H11Br2ClOS/c1-5-2-6(4-14-5)9(12)8-3-7(11)10(13)15-8/h3,5-6,9H,2,4H2,1H3. The molecule has 1 nitrogen and oxygen atoms in total. The van der Waals surface area contributed by atoms with E-state index >= 15 is 0 Å². The molecular weight excluding hydrogens is 363 g/mol. The maximum atomic E-state index is 6.03. The molecule has 1 aromatic heterocycles. The van der Waals surface area contributed by atoms with E-state index in [2.05, 4.69) is 44.8 Å². The first-order valence-corrected chi connectivity index (χ1v) is 7.68. The Bertz CT molecular complexity index is 336. The molecule has 1 aliphatic rings. The van der Waals surface area contributed by atoms with Crippen molar-refractivity contribution in [1.29, 1.82) is 0 Å². The van der Waals surface area contributed by atoms with Crippen LogP contribution in [0.25, 0.3) is 0 Å². The Kier molecular flexibility index (Phi) is 4.16. The Morgan fingerprint density at radius 1 is 1.67 bits per heavy atom. The maximum Gasteiger partial charge on any atom is 0.107 e. The van der Waals surface area contributed by atoms with Crippen LogP contribution in [0, 0.1) is 5.92 Å². The molecule has 0 saturated carbocycles. The fraction of sp³-hybridized carbons (Fsp3) is 0.600. The van der Waals surface area contributed by atoms with Gasteiger partial charge >= 0.3 is 0 Å². The smallest absolute Gasteiger partial charge is 0.107 e. The lowest BCUT2D eigenvalue weighted by Gasteiger charge is -2.13. The highest BCUT2D eigenvalue weighted by Gasteiger charge is 2.30. The molecule has 0 aliphatic carbocycles. The fourth-order valence-corrected chi connectivity index (χ4v) is 4.37. The summed E-state index contributed by atoms with van der Waals surface area (Å²) in [7, 11) is 0. The van der Waals surface area contributed by atoms with Gasteiger partial charge in [0, 0.05) is 15.3 Å². The van der Waals surface area contributed by atoms with Crippen LogP contribution < -0.4 is 0 Å². The van der Waals surface area contributed by atoms with Gasteiger partial charge < -0.3 is 4.74 Å². The van der Waals surface area contributed by atoms with Gasteiger partial charge in [-0.25, -0.2) is 0 Å². The van der Waals surface area contributed by atoms with E-state index < -0.39 is 0 Å². The van der Waals surface area contributed by atoms with Gasteiger partial charge in [0.05, 0.1) is 17.5 Å². The minimum Gasteiger partial charge on any atom is -0.378 e. The zero-order chi connectivity index (χ0) is 11.0. The van der Waals surface area contributed by atoms with E-state index in [1.54, 1.807) is 11.3 Å². The van der Waals surface area contributed by atoms with Gasteiger partial charge in [0.2, 0.25) is 0 Å². The summed E-state index contributed by atoms with van der Waals surface area (Å²) in [5.74, 6) is 0.557. The topological polar surface area (TPSA) is 9.23 Å². The van der Waals surface area contributed by atoms with Crippen molar-refractivity contribution in [3.05, 3.63) is 19.8 Å². The van der Waals surface area contributed by atoms with Crippen LogP contribution in [-0.4, -0.2) is 12.7 Å². The molecule has 0 N–H and O–H groups in total. The molecular formula is C10H11Br2ClOS. The average molecular weight is 375 g/mol. The third-order valence-corrected chi connectivity index (χ3v) is 6.68. The van der Waals surface area contributed by atoms with Crippen molar-refractivity contribution in [1.82, 2.24) is 0 Å². The van der Waals surface area contributed by atoms with Crippen LogP contribution in [0.4, 0.5) is 0 Å². The van der Waals surface area contributed by atoms with Gasteiger partial charge in [0.1, 0.15) is 4.34 Å². The van der Waals surface area contributed by atoms with Crippen LogP contribution in [0.1, 0.15) is 23.0 Å².